The highest BCUT2D eigenvalue weighted by Crippen LogP contribution is 2.15. The maximum absolute atomic E-state index is 11.8. The molecule has 0 bridgehead atoms. The van der Waals surface area contributed by atoms with E-state index in [2.05, 4.69) is 10.6 Å². The molecule has 0 aromatic heterocycles. The van der Waals surface area contributed by atoms with Crippen molar-refractivity contribution in [2.45, 2.75) is 6.92 Å². The summed E-state index contributed by atoms with van der Waals surface area (Å²) in [7, 11) is 0. The van der Waals surface area contributed by atoms with Gasteiger partial charge in [0, 0.05) is 18.3 Å². The Balaban J connectivity index is 1.97. The van der Waals surface area contributed by atoms with Crippen LogP contribution in [0.5, 0.6) is 0 Å². The van der Waals surface area contributed by atoms with Crippen LogP contribution in [0, 0.1) is 0 Å². The van der Waals surface area contributed by atoms with Crippen LogP contribution in [0.25, 0.3) is 0 Å². The molecule has 2 amide bonds. The van der Waals surface area contributed by atoms with E-state index >= 15 is 0 Å². The summed E-state index contributed by atoms with van der Waals surface area (Å²) in [4.78, 5) is 22.6. The minimum absolute atomic E-state index is 0.144. The van der Waals surface area contributed by atoms with Crippen LogP contribution in [-0.2, 0) is 19.1 Å². The number of anilines is 2. The standard InChI is InChI=1S/C13H14N2O4/c1-9(16)14-10-2-4-11(5-3-10)15-13(17)12-8-18-6-7-19-12/h2-5,8H,6-7H2,1H3,(H,14,16)(H,15,17). The Morgan fingerprint density at radius 1 is 1.05 bits per heavy atom. The molecule has 1 heterocycles. The minimum atomic E-state index is -0.369. The zero-order valence-electron chi connectivity index (χ0n) is 10.4. The SMILES string of the molecule is CC(=O)Nc1ccc(NC(=O)C2=COCCO2)cc1. The first-order valence-corrected chi connectivity index (χ1v) is 5.79. The van der Waals surface area contributed by atoms with Gasteiger partial charge in [-0.2, -0.15) is 0 Å². The lowest BCUT2D eigenvalue weighted by Gasteiger charge is -2.15. The van der Waals surface area contributed by atoms with Crippen LogP contribution >= 0.6 is 0 Å². The second-order valence-corrected chi connectivity index (χ2v) is 3.91. The molecule has 0 aliphatic carbocycles. The number of hydrogen-bond donors (Lipinski definition) is 2. The van der Waals surface area contributed by atoms with E-state index in [0.29, 0.717) is 24.6 Å². The van der Waals surface area contributed by atoms with Crippen molar-refractivity contribution < 1.29 is 19.1 Å². The van der Waals surface area contributed by atoms with Gasteiger partial charge in [0.15, 0.2) is 0 Å². The van der Waals surface area contributed by atoms with E-state index in [0.717, 1.165) is 0 Å². The van der Waals surface area contributed by atoms with E-state index in [1.54, 1.807) is 24.3 Å². The van der Waals surface area contributed by atoms with Gasteiger partial charge in [0.2, 0.25) is 11.7 Å². The average Bonchev–Trinajstić information content (AvgIpc) is 2.41. The number of benzene rings is 1. The fourth-order valence-electron chi connectivity index (χ4n) is 1.52. The van der Waals surface area contributed by atoms with Crippen molar-refractivity contribution in [3.8, 4) is 0 Å². The van der Waals surface area contributed by atoms with Crippen LogP contribution in [0.3, 0.4) is 0 Å². The molecule has 2 N–H and O–H groups in total. The third kappa shape index (κ3) is 3.74. The fraction of sp³-hybridized carbons (Fsp3) is 0.231. The van der Waals surface area contributed by atoms with Crippen LogP contribution in [0.15, 0.2) is 36.3 Å². The highest BCUT2D eigenvalue weighted by atomic mass is 16.6. The van der Waals surface area contributed by atoms with Crippen molar-refractivity contribution in [2.75, 3.05) is 23.8 Å². The molecule has 0 radical (unpaired) electrons. The summed E-state index contributed by atoms with van der Waals surface area (Å²) in [6, 6.07) is 6.77. The van der Waals surface area contributed by atoms with Gasteiger partial charge in [-0.25, -0.2) is 0 Å². The maximum Gasteiger partial charge on any atom is 0.294 e. The van der Waals surface area contributed by atoms with Crippen molar-refractivity contribution in [3.05, 3.63) is 36.3 Å². The number of carbonyl (C=O) groups excluding carboxylic acids is 2. The van der Waals surface area contributed by atoms with E-state index in [9.17, 15) is 9.59 Å². The number of amides is 2. The smallest absolute Gasteiger partial charge is 0.294 e. The molecule has 6 nitrogen and oxygen atoms in total. The zero-order chi connectivity index (χ0) is 13.7. The molecule has 1 aromatic carbocycles. The number of hydrogen-bond acceptors (Lipinski definition) is 4. The molecule has 0 saturated carbocycles. The average molecular weight is 262 g/mol. The first-order valence-electron chi connectivity index (χ1n) is 5.79. The van der Waals surface area contributed by atoms with Gasteiger partial charge in [-0.3, -0.25) is 9.59 Å². The normalized spacial score (nSPS) is 13.6. The lowest BCUT2D eigenvalue weighted by Crippen LogP contribution is -2.21. The lowest BCUT2D eigenvalue weighted by molar-refractivity contribution is -0.117. The first kappa shape index (κ1) is 12.9. The van der Waals surface area contributed by atoms with Crippen molar-refractivity contribution in [1.29, 1.82) is 0 Å². The summed E-state index contributed by atoms with van der Waals surface area (Å²) in [5, 5.41) is 5.31. The van der Waals surface area contributed by atoms with Gasteiger partial charge in [0.05, 0.1) is 0 Å². The van der Waals surface area contributed by atoms with Crippen LogP contribution in [0.1, 0.15) is 6.92 Å². The lowest BCUT2D eigenvalue weighted by atomic mass is 10.2. The van der Waals surface area contributed by atoms with Crippen molar-refractivity contribution in [2.24, 2.45) is 0 Å². The monoisotopic (exact) mass is 262 g/mol. The fourth-order valence-corrected chi connectivity index (χ4v) is 1.52. The van der Waals surface area contributed by atoms with Gasteiger partial charge in [0.25, 0.3) is 5.91 Å². The van der Waals surface area contributed by atoms with Gasteiger partial charge >= 0.3 is 0 Å². The Labute approximate surface area is 110 Å². The van der Waals surface area contributed by atoms with Crippen LogP contribution in [0.2, 0.25) is 0 Å². The molecule has 19 heavy (non-hydrogen) atoms. The molecule has 0 spiro atoms. The van der Waals surface area contributed by atoms with E-state index in [4.69, 9.17) is 9.47 Å². The number of carbonyl (C=O) groups is 2. The van der Waals surface area contributed by atoms with Crippen molar-refractivity contribution in [3.63, 3.8) is 0 Å². The van der Waals surface area contributed by atoms with E-state index in [1.165, 1.54) is 13.2 Å². The molecular weight excluding hydrogens is 248 g/mol. The van der Waals surface area contributed by atoms with Crippen molar-refractivity contribution in [1.82, 2.24) is 0 Å². The summed E-state index contributed by atoms with van der Waals surface area (Å²) >= 11 is 0. The Hall–Kier alpha value is -2.50. The number of ether oxygens (including phenoxy) is 2. The van der Waals surface area contributed by atoms with Gasteiger partial charge in [0.1, 0.15) is 19.5 Å². The predicted octanol–water partition coefficient (Wildman–Crippen LogP) is 1.47. The third-order valence-electron chi connectivity index (χ3n) is 2.34. The van der Waals surface area contributed by atoms with E-state index in [1.807, 2.05) is 0 Å². The minimum Gasteiger partial charge on any atom is -0.494 e. The second-order valence-electron chi connectivity index (χ2n) is 3.91. The molecule has 6 heteroatoms. The van der Waals surface area contributed by atoms with E-state index < -0.39 is 0 Å². The summed E-state index contributed by atoms with van der Waals surface area (Å²) in [6.07, 6.45) is 1.30. The second kappa shape index (κ2) is 5.90. The van der Waals surface area contributed by atoms with E-state index in [-0.39, 0.29) is 17.6 Å². The quantitative estimate of drug-likeness (QED) is 0.864. The molecule has 0 atom stereocenters. The van der Waals surface area contributed by atoms with Crippen LogP contribution in [-0.4, -0.2) is 25.0 Å². The molecular formula is C13H14N2O4. The molecule has 1 aromatic rings. The van der Waals surface area contributed by atoms with Crippen LogP contribution in [0.4, 0.5) is 11.4 Å². The Kier molecular flexibility index (Phi) is 4.02. The van der Waals surface area contributed by atoms with Gasteiger partial charge in [-0.1, -0.05) is 0 Å². The summed E-state index contributed by atoms with van der Waals surface area (Å²) in [5.41, 5.74) is 1.27. The largest absolute Gasteiger partial charge is 0.494 e. The third-order valence-corrected chi connectivity index (χ3v) is 2.34. The molecule has 100 valence electrons. The molecule has 2 rings (SSSR count). The Bertz CT molecular complexity index is 508. The molecule has 0 unspecified atom stereocenters. The highest BCUT2D eigenvalue weighted by molar-refractivity contribution is 6.02. The van der Waals surface area contributed by atoms with Crippen molar-refractivity contribution >= 4 is 23.2 Å². The molecule has 0 saturated heterocycles. The topological polar surface area (TPSA) is 76.7 Å². The number of nitrogens with one attached hydrogen (secondary N) is 2. The summed E-state index contributed by atoms with van der Waals surface area (Å²) in [6.45, 7) is 2.24. The van der Waals surface area contributed by atoms with Gasteiger partial charge in [-0.15, -0.1) is 0 Å². The Morgan fingerprint density at radius 2 is 1.68 bits per heavy atom. The summed E-state index contributed by atoms with van der Waals surface area (Å²) in [5.74, 6) is -0.362. The highest BCUT2D eigenvalue weighted by Gasteiger charge is 2.14. The van der Waals surface area contributed by atoms with Gasteiger partial charge < -0.3 is 20.1 Å². The van der Waals surface area contributed by atoms with Gasteiger partial charge in [-0.05, 0) is 24.3 Å². The zero-order valence-corrected chi connectivity index (χ0v) is 10.4. The first-order chi connectivity index (χ1) is 9.15. The predicted molar refractivity (Wildman–Crippen MR) is 69.4 cm³/mol. The maximum atomic E-state index is 11.8. The Morgan fingerprint density at radius 3 is 2.21 bits per heavy atom. The summed E-state index contributed by atoms with van der Waals surface area (Å²) < 4.78 is 10.2. The molecule has 1 aliphatic heterocycles. The molecule has 1 aliphatic rings. The number of rotatable bonds is 3. The molecule has 0 fully saturated rings. The van der Waals surface area contributed by atoms with Crippen LogP contribution < -0.4 is 10.6 Å².